The Kier molecular flexibility index (Phi) is 4.71. The van der Waals surface area contributed by atoms with Gasteiger partial charge >= 0.3 is 0 Å². The first-order valence-corrected chi connectivity index (χ1v) is 10.4. The van der Waals surface area contributed by atoms with Crippen LogP contribution in [0.2, 0.25) is 0 Å². The third kappa shape index (κ3) is 3.47. The summed E-state index contributed by atoms with van der Waals surface area (Å²) in [4.78, 5) is 20.0. The lowest BCUT2D eigenvalue weighted by atomic mass is 10.2. The summed E-state index contributed by atoms with van der Waals surface area (Å²) in [5, 5.41) is 0. The van der Waals surface area contributed by atoms with Gasteiger partial charge in [0.05, 0.1) is 11.3 Å². The summed E-state index contributed by atoms with van der Waals surface area (Å²) < 4.78 is 27.6. The fourth-order valence-electron chi connectivity index (χ4n) is 3.63. The minimum absolute atomic E-state index is 0.0106. The monoisotopic (exact) mass is 386 g/mol. The van der Waals surface area contributed by atoms with Gasteiger partial charge < -0.3 is 4.90 Å². The molecule has 2 aromatic rings. The van der Waals surface area contributed by atoms with Gasteiger partial charge in [0, 0.05) is 57.9 Å². The molecule has 0 N–H and O–H groups in total. The highest BCUT2D eigenvalue weighted by atomic mass is 32.2. The number of likely N-dealkylation sites (N-methyl/N-ethyl adjacent to an activating group) is 1. The molecule has 142 valence electrons. The number of hydrogen-bond donors (Lipinski definition) is 0. The molecule has 1 amide bonds. The quantitative estimate of drug-likeness (QED) is 0.787. The van der Waals surface area contributed by atoms with Crippen molar-refractivity contribution in [3.05, 3.63) is 53.9 Å². The van der Waals surface area contributed by atoms with Crippen molar-refractivity contribution in [2.45, 2.75) is 17.9 Å². The molecule has 0 spiro atoms. The van der Waals surface area contributed by atoms with Crippen LogP contribution in [0.5, 0.6) is 0 Å². The lowest BCUT2D eigenvalue weighted by molar-refractivity contribution is -0.117. The van der Waals surface area contributed by atoms with E-state index in [1.165, 1.54) is 4.31 Å². The SMILES string of the molecule is CN1C(=O)Cc2cc(S(=O)(=O)N3CCN(Cc4cccnc4)CC3)ccc21. The molecule has 4 rings (SSSR count). The number of rotatable bonds is 4. The van der Waals surface area contributed by atoms with Crippen LogP contribution in [0, 0.1) is 0 Å². The molecule has 0 radical (unpaired) electrons. The molecule has 1 aromatic heterocycles. The zero-order chi connectivity index (χ0) is 19.0. The number of amides is 1. The summed E-state index contributed by atoms with van der Waals surface area (Å²) in [5.74, 6) is -0.0106. The first kappa shape index (κ1) is 18.1. The van der Waals surface area contributed by atoms with Gasteiger partial charge in [0.2, 0.25) is 15.9 Å². The van der Waals surface area contributed by atoms with Crippen LogP contribution in [0.4, 0.5) is 5.69 Å². The summed E-state index contributed by atoms with van der Waals surface area (Å²) in [7, 11) is -1.84. The van der Waals surface area contributed by atoms with Crippen LogP contribution < -0.4 is 4.90 Å². The van der Waals surface area contributed by atoms with Crippen LogP contribution in [-0.4, -0.2) is 61.7 Å². The molecule has 7 nitrogen and oxygen atoms in total. The second-order valence-corrected chi connectivity index (χ2v) is 8.90. The molecule has 0 bridgehead atoms. The van der Waals surface area contributed by atoms with E-state index in [4.69, 9.17) is 0 Å². The maximum Gasteiger partial charge on any atom is 0.243 e. The van der Waals surface area contributed by atoms with Crippen LogP contribution in [0.15, 0.2) is 47.6 Å². The first-order valence-electron chi connectivity index (χ1n) is 8.96. The number of nitrogens with zero attached hydrogens (tertiary/aromatic N) is 4. The van der Waals surface area contributed by atoms with Crippen molar-refractivity contribution < 1.29 is 13.2 Å². The molecule has 0 saturated carbocycles. The number of sulfonamides is 1. The predicted octanol–water partition coefficient (Wildman–Crippen LogP) is 1.11. The Balaban J connectivity index is 1.45. The zero-order valence-corrected chi connectivity index (χ0v) is 16.0. The van der Waals surface area contributed by atoms with Gasteiger partial charge in [0.25, 0.3) is 0 Å². The van der Waals surface area contributed by atoms with E-state index in [1.807, 2.05) is 18.3 Å². The number of carbonyl (C=O) groups is 1. The number of hydrogen-bond acceptors (Lipinski definition) is 5. The van der Waals surface area contributed by atoms with Crippen molar-refractivity contribution in [2.75, 3.05) is 38.1 Å². The number of benzene rings is 1. The summed E-state index contributed by atoms with van der Waals surface area (Å²) in [6.07, 6.45) is 3.84. The number of piperazine rings is 1. The molecule has 1 saturated heterocycles. The van der Waals surface area contributed by atoms with Gasteiger partial charge in [-0.2, -0.15) is 4.31 Å². The molecule has 0 unspecified atom stereocenters. The van der Waals surface area contributed by atoms with Gasteiger partial charge in [-0.25, -0.2) is 8.42 Å². The van der Waals surface area contributed by atoms with Crippen molar-refractivity contribution in [3.8, 4) is 0 Å². The number of carbonyl (C=O) groups excluding carboxylic acids is 1. The fourth-order valence-corrected chi connectivity index (χ4v) is 5.11. The van der Waals surface area contributed by atoms with E-state index < -0.39 is 10.0 Å². The Morgan fingerprint density at radius 1 is 1.11 bits per heavy atom. The van der Waals surface area contributed by atoms with Gasteiger partial charge in [0.1, 0.15) is 0 Å². The number of pyridine rings is 1. The molecule has 8 heteroatoms. The summed E-state index contributed by atoms with van der Waals surface area (Å²) in [5.41, 5.74) is 2.69. The van der Waals surface area contributed by atoms with Gasteiger partial charge in [-0.15, -0.1) is 0 Å². The van der Waals surface area contributed by atoms with Crippen molar-refractivity contribution in [1.82, 2.24) is 14.2 Å². The number of fused-ring (bicyclic) bond motifs is 1. The molecule has 2 aliphatic rings. The second kappa shape index (κ2) is 7.03. The normalized spacial score (nSPS) is 18.7. The first-order chi connectivity index (χ1) is 12.9. The van der Waals surface area contributed by atoms with Gasteiger partial charge in [0.15, 0.2) is 0 Å². The van der Waals surface area contributed by atoms with Gasteiger partial charge in [-0.1, -0.05) is 6.07 Å². The predicted molar refractivity (Wildman–Crippen MR) is 102 cm³/mol. The highest BCUT2D eigenvalue weighted by Crippen LogP contribution is 2.31. The molecule has 1 fully saturated rings. The van der Waals surface area contributed by atoms with Gasteiger partial charge in [-0.05, 0) is 35.4 Å². The average molecular weight is 386 g/mol. The van der Waals surface area contributed by atoms with E-state index in [2.05, 4.69) is 9.88 Å². The van der Waals surface area contributed by atoms with Crippen LogP contribution in [-0.2, 0) is 27.8 Å². The molecule has 27 heavy (non-hydrogen) atoms. The Hall–Kier alpha value is -2.29. The molecule has 0 atom stereocenters. The van der Waals surface area contributed by atoms with Crippen LogP contribution >= 0.6 is 0 Å². The minimum atomic E-state index is -3.55. The zero-order valence-electron chi connectivity index (χ0n) is 15.2. The van der Waals surface area contributed by atoms with E-state index in [-0.39, 0.29) is 17.2 Å². The highest BCUT2D eigenvalue weighted by Gasteiger charge is 2.31. The molecular weight excluding hydrogens is 364 g/mol. The van der Waals surface area contributed by atoms with Crippen molar-refractivity contribution >= 4 is 21.6 Å². The summed E-state index contributed by atoms with van der Waals surface area (Å²) in [6, 6.07) is 8.91. The number of anilines is 1. The smallest absolute Gasteiger partial charge is 0.243 e. The standard InChI is InChI=1S/C19H22N4O3S/c1-21-18-5-4-17(11-16(18)12-19(21)24)27(25,26)23-9-7-22(8-10-23)14-15-3-2-6-20-13-15/h2-6,11,13H,7-10,12,14H2,1H3. The van der Waals surface area contributed by atoms with Crippen LogP contribution in [0.1, 0.15) is 11.1 Å². The van der Waals surface area contributed by atoms with Gasteiger partial charge in [-0.3, -0.25) is 14.7 Å². The fraction of sp³-hybridized carbons (Fsp3) is 0.368. The van der Waals surface area contributed by atoms with E-state index in [0.29, 0.717) is 26.2 Å². The van der Waals surface area contributed by atoms with Crippen molar-refractivity contribution in [1.29, 1.82) is 0 Å². The highest BCUT2D eigenvalue weighted by molar-refractivity contribution is 7.89. The number of aromatic nitrogens is 1. The maximum absolute atomic E-state index is 13.0. The van der Waals surface area contributed by atoms with E-state index in [0.717, 1.165) is 23.4 Å². The summed E-state index contributed by atoms with van der Waals surface area (Å²) in [6.45, 7) is 3.05. The molecule has 2 aliphatic heterocycles. The van der Waals surface area contributed by atoms with Crippen molar-refractivity contribution in [3.63, 3.8) is 0 Å². The molecule has 0 aliphatic carbocycles. The Morgan fingerprint density at radius 2 is 1.89 bits per heavy atom. The van der Waals surface area contributed by atoms with Crippen LogP contribution in [0.25, 0.3) is 0 Å². The Morgan fingerprint density at radius 3 is 2.59 bits per heavy atom. The Bertz CT molecular complexity index is 954. The average Bonchev–Trinajstić information content (AvgIpc) is 2.96. The minimum Gasteiger partial charge on any atom is -0.315 e. The molecular formula is C19H22N4O3S. The summed E-state index contributed by atoms with van der Waals surface area (Å²) >= 11 is 0. The largest absolute Gasteiger partial charge is 0.315 e. The topological polar surface area (TPSA) is 73.8 Å². The van der Waals surface area contributed by atoms with E-state index in [9.17, 15) is 13.2 Å². The van der Waals surface area contributed by atoms with E-state index in [1.54, 1.807) is 36.3 Å². The lowest BCUT2D eigenvalue weighted by Crippen LogP contribution is -2.48. The molecule has 3 heterocycles. The third-order valence-corrected chi connectivity index (χ3v) is 7.12. The van der Waals surface area contributed by atoms with E-state index >= 15 is 0 Å². The maximum atomic E-state index is 13.0. The third-order valence-electron chi connectivity index (χ3n) is 5.23. The lowest BCUT2D eigenvalue weighted by Gasteiger charge is -2.34. The van der Waals surface area contributed by atoms with Crippen LogP contribution in [0.3, 0.4) is 0 Å². The second-order valence-electron chi connectivity index (χ2n) is 6.96. The Labute approximate surface area is 159 Å². The molecule has 1 aromatic carbocycles. The van der Waals surface area contributed by atoms with Crippen molar-refractivity contribution in [2.24, 2.45) is 0 Å².